The van der Waals surface area contributed by atoms with Crippen molar-refractivity contribution in [3.05, 3.63) is 35.9 Å². The first-order valence-corrected chi connectivity index (χ1v) is 10.8. The molecule has 37 heavy (non-hydrogen) atoms. The average molecular weight is 536 g/mol. The van der Waals surface area contributed by atoms with Crippen LogP contribution in [0, 0.1) is 0 Å². The first-order chi connectivity index (χ1) is 17.2. The summed E-state index contributed by atoms with van der Waals surface area (Å²) in [7, 11) is 0. The fourth-order valence-corrected chi connectivity index (χ4v) is 3.24. The van der Waals surface area contributed by atoms with E-state index >= 15 is 0 Å². The van der Waals surface area contributed by atoms with Crippen LogP contribution in [0.2, 0.25) is 0 Å². The standard InChI is InChI=1S/C18H21F3N8O.C2HF3O2/c1-11(2)29-10-13(15(26-29)18(19,20)21)24-17(30)12-9-23-28-6-3-14(25-16(12)28)27-7-4-22-5-8-27;3-2(4,5)1(6)7/h3,6,9-11,22H,4-5,7-8H2,1-2H3,(H,24,30);(H,6,7). The summed E-state index contributed by atoms with van der Waals surface area (Å²) < 4.78 is 74.4. The Morgan fingerprint density at radius 2 is 1.76 bits per heavy atom. The molecule has 17 heteroatoms. The number of halogens is 6. The smallest absolute Gasteiger partial charge is 0.475 e. The van der Waals surface area contributed by atoms with E-state index in [9.17, 15) is 31.1 Å². The number of hydrogen-bond donors (Lipinski definition) is 3. The van der Waals surface area contributed by atoms with Gasteiger partial charge in [-0.15, -0.1) is 0 Å². The summed E-state index contributed by atoms with van der Waals surface area (Å²) in [6.45, 7) is 6.57. The van der Waals surface area contributed by atoms with Gasteiger partial charge in [0.25, 0.3) is 5.91 Å². The fraction of sp³-hybridized carbons (Fsp3) is 0.450. The van der Waals surface area contributed by atoms with E-state index in [0.29, 0.717) is 5.82 Å². The lowest BCUT2D eigenvalue weighted by Gasteiger charge is -2.28. The fourth-order valence-electron chi connectivity index (χ4n) is 3.24. The van der Waals surface area contributed by atoms with Gasteiger partial charge in [-0.25, -0.2) is 14.3 Å². The Balaban J connectivity index is 0.000000479. The molecule has 0 bridgehead atoms. The van der Waals surface area contributed by atoms with Crippen LogP contribution in [0.1, 0.15) is 35.9 Å². The molecule has 1 saturated heterocycles. The normalized spacial score (nSPS) is 14.5. The lowest BCUT2D eigenvalue weighted by atomic mass is 10.3. The van der Waals surface area contributed by atoms with Gasteiger partial charge in [0.2, 0.25) is 0 Å². The molecule has 1 aliphatic heterocycles. The number of amides is 1. The lowest BCUT2D eigenvalue weighted by molar-refractivity contribution is -0.192. The number of piperazine rings is 1. The molecule has 0 unspecified atom stereocenters. The molecule has 0 atom stereocenters. The van der Waals surface area contributed by atoms with Crippen LogP contribution in [0.4, 0.5) is 37.8 Å². The molecule has 11 nitrogen and oxygen atoms in total. The molecule has 0 saturated carbocycles. The molecule has 1 fully saturated rings. The lowest BCUT2D eigenvalue weighted by Crippen LogP contribution is -2.43. The minimum Gasteiger partial charge on any atom is -0.475 e. The number of nitrogens with one attached hydrogen (secondary N) is 2. The first-order valence-electron chi connectivity index (χ1n) is 10.8. The number of anilines is 2. The zero-order valence-corrected chi connectivity index (χ0v) is 19.4. The molecule has 3 aromatic heterocycles. The summed E-state index contributed by atoms with van der Waals surface area (Å²) in [5.74, 6) is -2.81. The van der Waals surface area contributed by atoms with Crippen molar-refractivity contribution in [1.29, 1.82) is 0 Å². The van der Waals surface area contributed by atoms with Gasteiger partial charge in [-0.1, -0.05) is 0 Å². The maximum Gasteiger partial charge on any atom is 0.490 e. The predicted octanol–water partition coefficient (Wildman–Crippen LogP) is 2.82. The number of nitrogens with zero attached hydrogens (tertiary/aromatic N) is 6. The average Bonchev–Trinajstić information content (AvgIpc) is 3.43. The van der Waals surface area contributed by atoms with Crippen LogP contribution < -0.4 is 15.5 Å². The molecule has 0 aliphatic carbocycles. The van der Waals surface area contributed by atoms with Gasteiger partial charge in [0.1, 0.15) is 11.4 Å². The van der Waals surface area contributed by atoms with E-state index in [2.05, 4.69) is 30.7 Å². The summed E-state index contributed by atoms with van der Waals surface area (Å²) in [6.07, 6.45) is -5.64. The number of aliphatic carboxylic acids is 1. The van der Waals surface area contributed by atoms with Crippen molar-refractivity contribution >= 4 is 29.0 Å². The summed E-state index contributed by atoms with van der Waals surface area (Å²) in [4.78, 5) is 28.3. The third kappa shape index (κ3) is 6.66. The number of carbonyl (C=O) groups is 2. The molecule has 202 valence electrons. The molecule has 0 spiro atoms. The topological polar surface area (TPSA) is 130 Å². The van der Waals surface area contributed by atoms with Crippen molar-refractivity contribution < 1.29 is 41.0 Å². The second-order valence-corrected chi connectivity index (χ2v) is 8.07. The Labute approximate surface area is 205 Å². The zero-order valence-electron chi connectivity index (χ0n) is 19.4. The van der Waals surface area contributed by atoms with Gasteiger partial charge < -0.3 is 20.6 Å². The zero-order chi connectivity index (χ0) is 27.5. The summed E-state index contributed by atoms with van der Waals surface area (Å²) in [5.41, 5.74) is -1.19. The first kappa shape index (κ1) is 27.7. The maximum absolute atomic E-state index is 13.4. The van der Waals surface area contributed by atoms with E-state index in [1.807, 2.05) is 0 Å². The number of fused-ring (bicyclic) bond motifs is 1. The number of carboxylic acids is 1. The molecule has 0 radical (unpaired) electrons. The Hall–Kier alpha value is -3.89. The minimum absolute atomic E-state index is 0.0809. The van der Waals surface area contributed by atoms with Crippen LogP contribution in [-0.2, 0) is 11.0 Å². The molecular formula is C20H22F6N8O3. The van der Waals surface area contributed by atoms with Gasteiger partial charge in [0.05, 0.1) is 11.9 Å². The highest BCUT2D eigenvalue weighted by atomic mass is 19.4. The Bertz CT molecular complexity index is 1260. The third-order valence-electron chi connectivity index (χ3n) is 5.06. The number of hydrogen-bond acceptors (Lipinski definition) is 7. The van der Waals surface area contributed by atoms with Crippen molar-refractivity contribution in [3.63, 3.8) is 0 Å². The van der Waals surface area contributed by atoms with Crippen LogP contribution in [0.5, 0.6) is 0 Å². The van der Waals surface area contributed by atoms with Crippen LogP contribution in [0.15, 0.2) is 24.7 Å². The van der Waals surface area contributed by atoms with Crippen LogP contribution >= 0.6 is 0 Å². The second-order valence-electron chi connectivity index (χ2n) is 8.07. The van der Waals surface area contributed by atoms with Gasteiger partial charge in [-0.05, 0) is 19.9 Å². The summed E-state index contributed by atoms with van der Waals surface area (Å²) >= 11 is 0. The number of aromatic nitrogens is 5. The molecular weight excluding hydrogens is 514 g/mol. The van der Waals surface area contributed by atoms with Crippen molar-refractivity contribution in [3.8, 4) is 0 Å². The van der Waals surface area contributed by atoms with E-state index in [-0.39, 0.29) is 17.3 Å². The van der Waals surface area contributed by atoms with Crippen LogP contribution in [0.25, 0.3) is 5.65 Å². The molecule has 1 aliphatic rings. The van der Waals surface area contributed by atoms with E-state index in [4.69, 9.17) is 9.90 Å². The van der Waals surface area contributed by atoms with Crippen molar-refractivity contribution in [2.24, 2.45) is 0 Å². The summed E-state index contributed by atoms with van der Waals surface area (Å²) in [5, 5.41) is 20.4. The van der Waals surface area contributed by atoms with Gasteiger partial charge in [0.15, 0.2) is 11.3 Å². The third-order valence-corrected chi connectivity index (χ3v) is 5.06. The van der Waals surface area contributed by atoms with Gasteiger partial charge in [-0.2, -0.15) is 36.5 Å². The minimum atomic E-state index is -5.08. The van der Waals surface area contributed by atoms with E-state index in [1.54, 1.807) is 26.1 Å². The highest BCUT2D eigenvalue weighted by Crippen LogP contribution is 2.34. The van der Waals surface area contributed by atoms with E-state index in [0.717, 1.165) is 30.9 Å². The number of carboxylic acid groups (broad SMARTS) is 1. The largest absolute Gasteiger partial charge is 0.490 e. The quantitative estimate of drug-likeness (QED) is 0.434. The molecule has 4 rings (SSSR count). The Kier molecular flexibility index (Phi) is 7.94. The predicted molar refractivity (Wildman–Crippen MR) is 117 cm³/mol. The van der Waals surface area contributed by atoms with E-state index in [1.165, 1.54) is 16.9 Å². The molecule has 0 aromatic carbocycles. The highest BCUT2D eigenvalue weighted by molar-refractivity contribution is 6.08. The number of alkyl halides is 6. The molecule has 3 aromatic rings. The molecule has 1 amide bonds. The summed E-state index contributed by atoms with van der Waals surface area (Å²) in [6, 6.07) is 1.50. The van der Waals surface area contributed by atoms with Crippen molar-refractivity contribution in [1.82, 2.24) is 29.7 Å². The van der Waals surface area contributed by atoms with Crippen LogP contribution in [0.3, 0.4) is 0 Å². The number of carbonyl (C=O) groups excluding carboxylic acids is 1. The van der Waals surface area contributed by atoms with Gasteiger partial charge in [0, 0.05) is 44.6 Å². The van der Waals surface area contributed by atoms with E-state index < -0.39 is 35.6 Å². The Morgan fingerprint density at radius 1 is 1.14 bits per heavy atom. The number of rotatable bonds is 4. The monoisotopic (exact) mass is 536 g/mol. The molecule has 3 N–H and O–H groups in total. The second kappa shape index (κ2) is 10.6. The highest BCUT2D eigenvalue weighted by Gasteiger charge is 2.39. The van der Waals surface area contributed by atoms with Gasteiger partial charge in [-0.3, -0.25) is 9.48 Å². The SMILES string of the molecule is CC(C)n1cc(NC(=O)c2cnn3ccc(N4CCNCC4)nc23)c(C(F)(F)F)n1.O=C(O)C(F)(F)F. The Morgan fingerprint density at radius 3 is 2.30 bits per heavy atom. The van der Waals surface area contributed by atoms with Gasteiger partial charge >= 0.3 is 18.3 Å². The van der Waals surface area contributed by atoms with Crippen molar-refractivity contribution in [2.75, 3.05) is 36.4 Å². The van der Waals surface area contributed by atoms with Crippen molar-refractivity contribution in [2.45, 2.75) is 32.2 Å². The maximum atomic E-state index is 13.4. The molecule has 4 heterocycles. The van der Waals surface area contributed by atoms with Crippen LogP contribution in [-0.4, -0.2) is 73.7 Å².